The highest BCUT2D eigenvalue weighted by atomic mass is 16.4. The molecule has 0 saturated heterocycles. The number of benzene rings is 1. The molecule has 1 aromatic rings. The second-order valence-electron chi connectivity index (χ2n) is 3.63. The fourth-order valence-corrected chi connectivity index (χ4v) is 1.13. The van der Waals surface area contributed by atoms with Crippen LogP contribution < -0.4 is 11.5 Å². The van der Waals surface area contributed by atoms with Crippen LogP contribution in [0.4, 0.5) is 5.69 Å². The van der Waals surface area contributed by atoms with E-state index in [1.807, 2.05) is 6.92 Å². The Balaban J connectivity index is 0.000000331. The number of carboxylic acids is 2. The topological polar surface area (TPSA) is 127 Å². The molecule has 0 bridgehead atoms. The SMILES string of the molecule is CCC[C@H](N)C(=O)O.Nc1ccccc1C(=O)O. The number of hydrogen-bond acceptors (Lipinski definition) is 4. The monoisotopic (exact) mass is 254 g/mol. The van der Waals surface area contributed by atoms with Crippen molar-refractivity contribution in [1.29, 1.82) is 0 Å². The molecule has 18 heavy (non-hydrogen) atoms. The van der Waals surface area contributed by atoms with Crippen molar-refractivity contribution < 1.29 is 19.8 Å². The van der Waals surface area contributed by atoms with Crippen LogP contribution in [0.1, 0.15) is 30.1 Å². The van der Waals surface area contributed by atoms with Gasteiger partial charge in [-0.2, -0.15) is 0 Å². The number of hydrogen-bond donors (Lipinski definition) is 4. The van der Waals surface area contributed by atoms with Crippen molar-refractivity contribution in [2.75, 3.05) is 5.73 Å². The van der Waals surface area contributed by atoms with Crippen LogP contribution in [-0.4, -0.2) is 28.2 Å². The van der Waals surface area contributed by atoms with Crippen molar-refractivity contribution in [1.82, 2.24) is 0 Å². The summed E-state index contributed by atoms with van der Waals surface area (Å²) in [5.74, 6) is -1.90. The van der Waals surface area contributed by atoms with Crippen LogP contribution >= 0.6 is 0 Å². The van der Waals surface area contributed by atoms with Crippen LogP contribution in [0.15, 0.2) is 24.3 Å². The molecule has 0 saturated carbocycles. The van der Waals surface area contributed by atoms with Crippen LogP contribution in [-0.2, 0) is 4.79 Å². The van der Waals surface area contributed by atoms with E-state index in [2.05, 4.69) is 0 Å². The van der Waals surface area contributed by atoms with Gasteiger partial charge in [-0.1, -0.05) is 25.5 Å². The molecule has 1 atom stereocenters. The normalized spacial score (nSPS) is 11.0. The number of nitrogens with two attached hydrogens (primary N) is 2. The average molecular weight is 254 g/mol. The maximum Gasteiger partial charge on any atom is 0.337 e. The van der Waals surface area contributed by atoms with Gasteiger partial charge in [0.1, 0.15) is 6.04 Å². The van der Waals surface area contributed by atoms with Crippen molar-refractivity contribution in [2.45, 2.75) is 25.8 Å². The second kappa shape index (κ2) is 8.08. The van der Waals surface area contributed by atoms with Gasteiger partial charge in [0.05, 0.1) is 5.56 Å². The highest BCUT2D eigenvalue weighted by molar-refractivity contribution is 5.93. The summed E-state index contributed by atoms with van der Waals surface area (Å²) in [6, 6.07) is 5.70. The van der Waals surface area contributed by atoms with Gasteiger partial charge >= 0.3 is 11.9 Å². The molecule has 1 aromatic carbocycles. The van der Waals surface area contributed by atoms with Gasteiger partial charge in [0, 0.05) is 5.69 Å². The summed E-state index contributed by atoms with van der Waals surface area (Å²) in [7, 11) is 0. The molecule has 0 aliphatic carbocycles. The van der Waals surface area contributed by atoms with Crippen LogP contribution in [0.25, 0.3) is 0 Å². The van der Waals surface area contributed by atoms with Crippen molar-refractivity contribution in [3.05, 3.63) is 29.8 Å². The third-order valence-electron chi connectivity index (χ3n) is 2.11. The quantitative estimate of drug-likeness (QED) is 0.597. The Labute approximate surface area is 105 Å². The molecular weight excluding hydrogens is 236 g/mol. The number of aliphatic carboxylic acids is 1. The van der Waals surface area contributed by atoms with Gasteiger partial charge in [0.25, 0.3) is 0 Å². The number of rotatable bonds is 4. The number of nitrogen functional groups attached to an aromatic ring is 1. The molecule has 0 radical (unpaired) electrons. The summed E-state index contributed by atoms with van der Waals surface area (Å²) in [6.45, 7) is 1.91. The van der Waals surface area contributed by atoms with Gasteiger partial charge in [-0.3, -0.25) is 4.79 Å². The van der Waals surface area contributed by atoms with E-state index in [9.17, 15) is 9.59 Å². The predicted octanol–water partition coefficient (Wildman–Crippen LogP) is 1.17. The van der Waals surface area contributed by atoms with Gasteiger partial charge < -0.3 is 21.7 Å². The van der Waals surface area contributed by atoms with Crippen LogP contribution in [0.5, 0.6) is 0 Å². The number of aromatic carboxylic acids is 1. The van der Waals surface area contributed by atoms with Crippen molar-refractivity contribution >= 4 is 17.6 Å². The predicted molar refractivity (Wildman–Crippen MR) is 68.3 cm³/mol. The van der Waals surface area contributed by atoms with E-state index < -0.39 is 18.0 Å². The molecule has 100 valence electrons. The smallest absolute Gasteiger partial charge is 0.337 e. The first-order valence-electron chi connectivity index (χ1n) is 5.46. The van der Waals surface area contributed by atoms with Gasteiger partial charge in [0.2, 0.25) is 0 Å². The standard InChI is InChI=1S/C7H7NO2.C5H11NO2/c8-6-4-2-1-3-5(6)7(9)10;1-2-3-4(6)5(7)8/h1-4H,8H2,(H,9,10);4H,2-3,6H2,1H3,(H,7,8)/t;4-/m.0/s1. The Morgan fingerprint density at radius 3 is 2.11 bits per heavy atom. The Morgan fingerprint density at radius 2 is 1.83 bits per heavy atom. The second-order valence-corrected chi connectivity index (χ2v) is 3.63. The fourth-order valence-electron chi connectivity index (χ4n) is 1.13. The summed E-state index contributed by atoms with van der Waals surface area (Å²) in [4.78, 5) is 20.3. The highest BCUT2D eigenvalue weighted by Crippen LogP contribution is 2.08. The first-order valence-corrected chi connectivity index (χ1v) is 5.46. The molecule has 0 unspecified atom stereocenters. The van der Waals surface area contributed by atoms with E-state index in [0.29, 0.717) is 12.1 Å². The summed E-state index contributed by atoms with van der Waals surface area (Å²) < 4.78 is 0. The maximum absolute atomic E-state index is 10.3. The molecule has 0 fully saturated rings. The lowest BCUT2D eigenvalue weighted by atomic mass is 10.2. The minimum Gasteiger partial charge on any atom is -0.480 e. The summed E-state index contributed by atoms with van der Waals surface area (Å²) in [5, 5.41) is 16.7. The first kappa shape index (κ1) is 15.9. The van der Waals surface area contributed by atoms with E-state index in [1.165, 1.54) is 6.07 Å². The lowest BCUT2D eigenvalue weighted by Gasteiger charge is -2.00. The molecule has 6 heteroatoms. The number of carbonyl (C=O) groups is 2. The van der Waals surface area contributed by atoms with Crippen LogP contribution in [0.3, 0.4) is 0 Å². The van der Waals surface area contributed by atoms with Gasteiger partial charge in [-0.05, 0) is 18.6 Å². The van der Waals surface area contributed by atoms with E-state index in [0.717, 1.165) is 6.42 Å². The van der Waals surface area contributed by atoms with E-state index in [1.54, 1.807) is 18.2 Å². The Morgan fingerprint density at radius 1 is 1.28 bits per heavy atom. The number of carboxylic acid groups (broad SMARTS) is 2. The molecule has 6 N–H and O–H groups in total. The number of para-hydroxylation sites is 1. The summed E-state index contributed by atoms with van der Waals surface area (Å²) >= 11 is 0. The molecule has 0 spiro atoms. The first-order chi connectivity index (χ1) is 8.40. The van der Waals surface area contributed by atoms with Crippen LogP contribution in [0, 0.1) is 0 Å². The highest BCUT2D eigenvalue weighted by Gasteiger charge is 2.07. The van der Waals surface area contributed by atoms with E-state index >= 15 is 0 Å². The summed E-state index contributed by atoms with van der Waals surface area (Å²) in [5.41, 5.74) is 10.9. The minimum absolute atomic E-state index is 0.155. The van der Waals surface area contributed by atoms with E-state index in [4.69, 9.17) is 21.7 Å². The van der Waals surface area contributed by atoms with Crippen molar-refractivity contribution in [3.8, 4) is 0 Å². The van der Waals surface area contributed by atoms with Crippen molar-refractivity contribution in [3.63, 3.8) is 0 Å². The third-order valence-corrected chi connectivity index (χ3v) is 2.11. The molecule has 0 heterocycles. The van der Waals surface area contributed by atoms with Gasteiger partial charge in [-0.15, -0.1) is 0 Å². The summed E-state index contributed by atoms with van der Waals surface area (Å²) in [6.07, 6.45) is 1.39. The van der Waals surface area contributed by atoms with Gasteiger partial charge in [-0.25, -0.2) is 4.79 Å². The molecular formula is C12H18N2O4. The zero-order chi connectivity index (χ0) is 14.1. The zero-order valence-corrected chi connectivity index (χ0v) is 10.2. The molecule has 0 aliphatic heterocycles. The lowest BCUT2D eigenvalue weighted by molar-refractivity contribution is -0.138. The molecule has 6 nitrogen and oxygen atoms in total. The Hall–Kier alpha value is -2.08. The molecule has 0 amide bonds. The van der Waals surface area contributed by atoms with Crippen LogP contribution in [0.2, 0.25) is 0 Å². The molecule has 0 aromatic heterocycles. The third kappa shape index (κ3) is 5.86. The number of anilines is 1. The Kier molecular flexibility index (Phi) is 7.14. The Bertz CT molecular complexity index is 407. The lowest BCUT2D eigenvalue weighted by Crippen LogP contribution is -2.29. The average Bonchev–Trinajstić information content (AvgIpc) is 2.30. The van der Waals surface area contributed by atoms with E-state index in [-0.39, 0.29) is 5.56 Å². The molecule has 0 aliphatic rings. The maximum atomic E-state index is 10.3. The largest absolute Gasteiger partial charge is 0.480 e. The van der Waals surface area contributed by atoms with Gasteiger partial charge in [0.15, 0.2) is 0 Å². The zero-order valence-electron chi connectivity index (χ0n) is 10.2. The minimum atomic E-state index is -0.988. The molecule has 1 rings (SSSR count). The van der Waals surface area contributed by atoms with Crippen molar-refractivity contribution in [2.24, 2.45) is 5.73 Å². The fraction of sp³-hybridized carbons (Fsp3) is 0.333.